The lowest BCUT2D eigenvalue weighted by Crippen LogP contribution is -2.49. The quantitative estimate of drug-likeness (QED) is 0.302. The Morgan fingerprint density at radius 1 is 0.760 bits per heavy atom. The van der Waals surface area contributed by atoms with Crippen LogP contribution in [0.25, 0.3) is 5.57 Å². The summed E-state index contributed by atoms with van der Waals surface area (Å²) in [5.41, 5.74) is 12.1. The molecule has 9 rings (SSSR count). The number of nitriles is 3. The van der Waals surface area contributed by atoms with E-state index in [9.17, 15) is 15.8 Å². The second kappa shape index (κ2) is 12.8. The summed E-state index contributed by atoms with van der Waals surface area (Å²) in [5.74, 6) is 0.928. The topological polar surface area (TPSA) is 77.8 Å². The van der Waals surface area contributed by atoms with Crippen molar-refractivity contribution >= 4 is 5.57 Å². The molecule has 2 heterocycles. The van der Waals surface area contributed by atoms with E-state index in [-0.39, 0.29) is 23.9 Å². The minimum Gasteiger partial charge on any atom is -0.364 e. The van der Waals surface area contributed by atoms with Gasteiger partial charge in [-0.1, -0.05) is 66.8 Å². The van der Waals surface area contributed by atoms with Crippen molar-refractivity contribution in [1.29, 1.82) is 15.8 Å². The fourth-order valence-electron chi connectivity index (χ4n) is 10.9. The monoisotopic (exact) mass is 655 g/mol. The summed E-state index contributed by atoms with van der Waals surface area (Å²) in [7, 11) is 0. The van der Waals surface area contributed by atoms with Gasteiger partial charge in [-0.25, -0.2) is 0 Å². The van der Waals surface area contributed by atoms with Crippen molar-refractivity contribution in [3.8, 4) is 18.2 Å². The first-order valence-electron chi connectivity index (χ1n) is 19.1. The minimum atomic E-state index is -0.0564. The zero-order chi connectivity index (χ0) is 33.8. The van der Waals surface area contributed by atoms with Gasteiger partial charge in [0.25, 0.3) is 0 Å². The molecule has 0 N–H and O–H groups in total. The summed E-state index contributed by atoms with van der Waals surface area (Å²) in [4.78, 5) is 5.66. The molecule has 0 fully saturated rings. The maximum Gasteiger partial charge on any atom is 0.0991 e. The molecule has 0 amide bonds. The molecule has 5 heteroatoms. The summed E-state index contributed by atoms with van der Waals surface area (Å²) in [6.45, 7) is 0. The predicted molar refractivity (Wildman–Crippen MR) is 196 cm³/mol. The number of benzene rings is 1. The Labute approximate surface area is 297 Å². The Balaban J connectivity index is 1.14. The van der Waals surface area contributed by atoms with Crippen LogP contribution < -0.4 is 0 Å². The summed E-state index contributed by atoms with van der Waals surface area (Å²) in [6.07, 6.45) is 34.1. The molecule has 2 aliphatic heterocycles. The van der Waals surface area contributed by atoms with Gasteiger partial charge >= 0.3 is 0 Å². The molecule has 8 unspecified atom stereocenters. The smallest absolute Gasteiger partial charge is 0.0991 e. The first-order valence-corrected chi connectivity index (χ1v) is 19.1. The Kier molecular flexibility index (Phi) is 8.01. The highest BCUT2D eigenvalue weighted by atomic mass is 15.3. The van der Waals surface area contributed by atoms with E-state index < -0.39 is 0 Å². The average molecular weight is 656 g/mol. The lowest BCUT2D eigenvalue weighted by Gasteiger charge is -2.47. The van der Waals surface area contributed by atoms with Crippen LogP contribution in [0.3, 0.4) is 0 Å². The minimum absolute atomic E-state index is 0.0564. The molecule has 250 valence electrons. The fourth-order valence-corrected chi connectivity index (χ4v) is 10.9. The third kappa shape index (κ3) is 5.24. The second-order valence-corrected chi connectivity index (χ2v) is 15.7. The summed E-state index contributed by atoms with van der Waals surface area (Å²) in [5, 5.41) is 29.5. The number of hydrogen-bond acceptors (Lipinski definition) is 5. The van der Waals surface area contributed by atoms with Crippen LogP contribution in [-0.4, -0.2) is 34.0 Å². The van der Waals surface area contributed by atoms with Gasteiger partial charge in [0, 0.05) is 29.3 Å². The van der Waals surface area contributed by atoms with Crippen LogP contribution in [0.15, 0.2) is 113 Å². The number of fused-ring (bicyclic) bond motifs is 4. The van der Waals surface area contributed by atoms with Crippen LogP contribution in [-0.2, 0) is 0 Å². The SMILES string of the molecule is N#Cc1cccc(C2=CCCC(C3=CC(N4C5=C(CC(C#N)CC5)C5CC(C#N)C=CC54)CC(N4C5=C(C=CCC5)C5CCC=CC54)C3)=C2)c1. The Hall–Kier alpha value is -4.79. The molecule has 0 radical (unpaired) electrons. The lowest BCUT2D eigenvalue weighted by molar-refractivity contribution is 0.132. The van der Waals surface area contributed by atoms with Gasteiger partial charge in [0.15, 0.2) is 0 Å². The number of nitrogens with zero attached hydrogens (tertiary/aromatic N) is 5. The molecule has 0 saturated carbocycles. The van der Waals surface area contributed by atoms with Gasteiger partial charge < -0.3 is 9.80 Å². The number of hydrogen-bond donors (Lipinski definition) is 0. The van der Waals surface area contributed by atoms with Crippen LogP contribution in [0.1, 0.15) is 88.2 Å². The normalized spacial score (nSPS) is 34.1. The number of rotatable bonds is 4. The van der Waals surface area contributed by atoms with Crippen LogP contribution >= 0.6 is 0 Å². The standard InChI is InChI=1S/C45H45N5/c46-26-29-7-5-8-32(19-29)33-9-6-10-34(22-33)35-23-36(49-42-13-3-1-11-38(42)39-12-2-4-14-43(39)49)25-37(24-35)50-44-17-15-30(27-47)20-40(44)41-21-31(28-48)16-18-45(41)50/h1,4-5,7-9,11,14-15,17,19,22,24,30-31,36-37,39-40,43-44H,2-3,6,10,12-13,16,18,20-21,23,25H2. The zero-order valence-electron chi connectivity index (χ0n) is 28.8. The molecular weight excluding hydrogens is 611 g/mol. The first kappa shape index (κ1) is 31.2. The third-order valence-corrected chi connectivity index (χ3v) is 13.0. The Morgan fingerprint density at radius 3 is 2.56 bits per heavy atom. The van der Waals surface area contributed by atoms with Crippen LogP contribution in [0, 0.1) is 57.7 Å². The second-order valence-electron chi connectivity index (χ2n) is 15.7. The summed E-state index contributed by atoms with van der Waals surface area (Å²) < 4.78 is 0. The van der Waals surface area contributed by atoms with Gasteiger partial charge in [0.1, 0.15) is 0 Å². The third-order valence-electron chi connectivity index (χ3n) is 13.0. The van der Waals surface area contributed by atoms with Crippen LogP contribution in [0.5, 0.6) is 0 Å². The van der Waals surface area contributed by atoms with Crippen LogP contribution in [0.4, 0.5) is 0 Å². The molecular formula is C45H45N5. The molecule has 0 bridgehead atoms. The highest BCUT2D eigenvalue weighted by Gasteiger charge is 2.49. The molecule has 6 aliphatic carbocycles. The van der Waals surface area contributed by atoms with E-state index in [2.05, 4.69) is 88.8 Å². The van der Waals surface area contributed by atoms with Crippen molar-refractivity contribution in [2.75, 3.05) is 0 Å². The zero-order valence-corrected chi connectivity index (χ0v) is 28.8. The molecule has 0 spiro atoms. The molecule has 0 aromatic heterocycles. The van der Waals surface area contributed by atoms with Crippen molar-refractivity contribution in [3.05, 3.63) is 124 Å². The van der Waals surface area contributed by atoms with Gasteiger partial charge in [-0.2, -0.15) is 15.8 Å². The molecule has 8 aliphatic rings. The van der Waals surface area contributed by atoms with E-state index in [0.29, 0.717) is 29.5 Å². The van der Waals surface area contributed by atoms with Gasteiger partial charge in [-0.05, 0) is 123 Å². The van der Waals surface area contributed by atoms with E-state index in [0.717, 1.165) is 69.8 Å². The molecule has 8 atom stereocenters. The Morgan fingerprint density at radius 2 is 1.68 bits per heavy atom. The van der Waals surface area contributed by atoms with Crippen molar-refractivity contribution in [2.24, 2.45) is 23.7 Å². The first-order chi connectivity index (χ1) is 24.6. The lowest BCUT2D eigenvalue weighted by atomic mass is 9.76. The van der Waals surface area contributed by atoms with Crippen molar-refractivity contribution < 1.29 is 0 Å². The summed E-state index contributed by atoms with van der Waals surface area (Å²) in [6, 6.07) is 16.8. The predicted octanol–water partition coefficient (Wildman–Crippen LogP) is 9.35. The Bertz CT molecular complexity index is 1980. The van der Waals surface area contributed by atoms with Gasteiger partial charge in [0.05, 0.1) is 53.7 Å². The molecule has 5 nitrogen and oxygen atoms in total. The molecule has 0 saturated heterocycles. The molecule has 1 aromatic rings. The molecule has 50 heavy (non-hydrogen) atoms. The van der Waals surface area contributed by atoms with E-state index >= 15 is 0 Å². The van der Waals surface area contributed by atoms with Crippen molar-refractivity contribution in [2.45, 2.75) is 101 Å². The average Bonchev–Trinajstić information content (AvgIpc) is 3.70. The van der Waals surface area contributed by atoms with Gasteiger partial charge in [-0.3, -0.25) is 0 Å². The highest BCUT2D eigenvalue weighted by Crippen LogP contribution is 2.53. The van der Waals surface area contributed by atoms with E-state index in [1.165, 1.54) is 40.8 Å². The fraction of sp³-hybridized carbons (Fsp3) is 0.444. The van der Waals surface area contributed by atoms with Gasteiger partial charge in [0.2, 0.25) is 0 Å². The van der Waals surface area contributed by atoms with Crippen LogP contribution in [0.2, 0.25) is 0 Å². The van der Waals surface area contributed by atoms with E-state index in [1.54, 1.807) is 11.3 Å². The van der Waals surface area contributed by atoms with Gasteiger partial charge in [-0.15, -0.1) is 0 Å². The maximum atomic E-state index is 9.97. The largest absolute Gasteiger partial charge is 0.364 e. The highest BCUT2D eigenvalue weighted by molar-refractivity contribution is 5.77. The maximum absolute atomic E-state index is 9.97. The van der Waals surface area contributed by atoms with E-state index in [1.807, 2.05) is 18.2 Å². The summed E-state index contributed by atoms with van der Waals surface area (Å²) >= 11 is 0. The molecule has 1 aromatic carbocycles. The van der Waals surface area contributed by atoms with Crippen molar-refractivity contribution in [1.82, 2.24) is 9.80 Å². The van der Waals surface area contributed by atoms with Crippen molar-refractivity contribution in [3.63, 3.8) is 0 Å². The van der Waals surface area contributed by atoms with E-state index in [4.69, 9.17) is 0 Å². The number of allylic oxidation sites excluding steroid dienone is 10.